The third-order valence-electron chi connectivity index (χ3n) is 4.37. The highest BCUT2D eigenvalue weighted by Gasteiger charge is 2.23. The fourth-order valence-electron chi connectivity index (χ4n) is 2.85. The number of carbonyl (C=O) groups excluding carboxylic acids is 1. The second kappa shape index (κ2) is 8.56. The van der Waals surface area contributed by atoms with Crippen LogP contribution in [0.4, 0.5) is 0 Å². The molecule has 134 valence electrons. The summed E-state index contributed by atoms with van der Waals surface area (Å²) in [5.41, 5.74) is 2.02. The minimum absolute atomic E-state index is 0.0568. The quantitative estimate of drug-likeness (QED) is 0.796. The highest BCUT2D eigenvalue weighted by Crippen LogP contribution is 2.27. The van der Waals surface area contributed by atoms with Crippen molar-refractivity contribution in [2.24, 2.45) is 0 Å². The van der Waals surface area contributed by atoms with E-state index in [0.29, 0.717) is 19.4 Å². The number of carbonyl (C=O) groups is 1. The monoisotopic (exact) mass is 341 g/mol. The molecule has 2 aromatic carbocycles. The molecule has 0 radical (unpaired) electrons. The van der Waals surface area contributed by atoms with E-state index in [1.165, 1.54) is 5.56 Å². The Balaban J connectivity index is 1.88. The number of nitrogens with one attached hydrogen (secondary N) is 1. The summed E-state index contributed by atoms with van der Waals surface area (Å²) in [4.78, 5) is 12.3. The van der Waals surface area contributed by atoms with Crippen molar-refractivity contribution in [3.63, 3.8) is 0 Å². The van der Waals surface area contributed by atoms with Crippen molar-refractivity contribution in [2.75, 3.05) is 20.8 Å². The number of rotatable bonds is 8. The zero-order chi connectivity index (χ0) is 18.3. The number of hydrogen-bond acceptors (Lipinski definition) is 3. The van der Waals surface area contributed by atoms with Crippen molar-refractivity contribution in [2.45, 2.75) is 32.1 Å². The molecule has 0 aliphatic heterocycles. The highest BCUT2D eigenvalue weighted by atomic mass is 16.5. The normalized spacial score (nSPS) is 11.0. The zero-order valence-corrected chi connectivity index (χ0v) is 15.5. The molecule has 0 fully saturated rings. The lowest BCUT2D eigenvalue weighted by atomic mass is 9.81. The molecular weight excluding hydrogens is 314 g/mol. The summed E-state index contributed by atoms with van der Waals surface area (Å²) in [6.07, 6.45) is 1.17. The fourth-order valence-corrected chi connectivity index (χ4v) is 2.85. The van der Waals surface area contributed by atoms with Crippen molar-refractivity contribution in [3.8, 4) is 11.5 Å². The molecule has 0 saturated heterocycles. The largest absolute Gasteiger partial charge is 0.497 e. The minimum atomic E-state index is -0.191. The highest BCUT2D eigenvalue weighted by molar-refractivity contribution is 5.77. The Bertz CT molecular complexity index is 696. The van der Waals surface area contributed by atoms with Gasteiger partial charge < -0.3 is 14.8 Å². The van der Waals surface area contributed by atoms with Gasteiger partial charge in [0.15, 0.2) is 0 Å². The van der Waals surface area contributed by atoms with Crippen LogP contribution in [0.1, 0.15) is 31.4 Å². The van der Waals surface area contributed by atoms with Crippen LogP contribution in [0.3, 0.4) is 0 Å². The molecule has 0 heterocycles. The van der Waals surface area contributed by atoms with Gasteiger partial charge in [0.25, 0.3) is 0 Å². The summed E-state index contributed by atoms with van der Waals surface area (Å²) in [6, 6.07) is 15.9. The van der Waals surface area contributed by atoms with Gasteiger partial charge in [-0.3, -0.25) is 4.79 Å². The molecule has 4 nitrogen and oxygen atoms in total. The van der Waals surface area contributed by atoms with Crippen molar-refractivity contribution in [1.29, 1.82) is 0 Å². The van der Waals surface area contributed by atoms with Crippen molar-refractivity contribution < 1.29 is 14.3 Å². The minimum Gasteiger partial charge on any atom is -0.497 e. The van der Waals surface area contributed by atoms with E-state index in [1.807, 2.05) is 36.4 Å². The van der Waals surface area contributed by atoms with Gasteiger partial charge in [-0.1, -0.05) is 50.2 Å². The van der Waals surface area contributed by atoms with E-state index in [1.54, 1.807) is 14.2 Å². The van der Waals surface area contributed by atoms with Crippen molar-refractivity contribution >= 4 is 5.91 Å². The second-order valence-electron chi connectivity index (χ2n) is 6.70. The zero-order valence-electron chi connectivity index (χ0n) is 15.5. The number of amides is 1. The first kappa shape index (κ1) is 18.8. The summed E-state index contributed by atoms with van der Waals surface area (Å²) in [6.45, 7) is 4.76. The molecule has 0 aliphatic carbocycles. The molecule has 0 spiro atoms. The van der Waals surface area contributed by atoms with E-state index in [9.17, 15) is 4.79 Å². The molecule has 25 heavy (non-hydrogen) atoms. The Labute approximate surface area is 150 Å². The van der Waals surface area contributed by atoms with E-state index < -0.39 is 0 Å². The number of methoxy groups -OCH3 is 2. The van der Waals surface area contributed by atoms with Crippen LogP contribution in [0.2, 0.25) is 0 Å². The standard InChI is InChI=1S/C21H27NO3/c1-21(2,17-8-6-5-7-9-17)15-20(23)22-13-12-16-10-11-18(24-3)14-19(16)25-4/h5-11,14H,12-13,15H2,1-4H3,(H,22,23). The lowest BCUT2D eigenvalue weighted by Gasteiger charge is -2.24. The molecular formula is C21H27NO3. The van der Waals surface area contributed by atoms with Gasteiger partial charge in [-0.05, 0) is 29.0 Å². The summed E-state index contributed by atoms with van der Waals surface area (Å²) in [5, 5.41) is 3.01. The molecule has 0 saturated carbocycles. The molecule has 2 rings (SSSR count). The van der Waals surface area contributed by atoms with E-state index >= 15 is 0 Å². The van der Waals surface area contributed by atoms with E-state index in [-0.39, 0.29) is 11.3 Å². The smallest absolute Gasteiger partial charge is 0.220 e. The summed E-state index contributed by atoms with van der Waals surface area (Å²) in [5.74, 6) is 1.59. The van der Waals surface area contributed by atoms with Crippen LogP contribution in [0, 0.1) is 0 Å². The van der Waals surface area contributed by atoms with Gasteiger partial charge in [-0.2, -0.15) is 0 Å². The SMILES string of the molecule is COc1ccc(CCNC(=O)CC(C)(C)c2ccccc2)c(OC)c1. The molecule has 0 aromatic heterocycles. The van der Waals surface area contributed by atoms with Crippen LogP contribution in [0.5, 0.6) is 11.5 Å². The Morgan fingerprint density at radius 2 is 1.76 bits per heavy atom. The first-order valence-corrected chi connectivity index (χ1v) is 8.49. The molecule has 1 N–H and O–H groups in total. The lowest BCUT2D eigenvalue weighted by Crippen LogP contribution is -2.32. The number of hydrogen-bond donors (Lipinski definition) is 1. The molecule has 0 bridgehead atoms. The number of benzene rings is 2. The Morgan fingerprint density at radius 3 is 2.40 bits per heavy atom. The predicted octanol–water partition coefficient (Wildman–Crippen LogP) is 3.73. The molecule has 1 amide bonds. The van der Waals surface area contributed by atoms with Gasteiger partial charge in [0, 0.05) is 19.0 Å². The summed E-state index contributed by atoms with van der Waals surface area (Å²) < 4.78 is 10.6. The van der Waals surface area contributed by atoms with E-state index in [4.69, 9.17) is 9.47 Å². The van der Waals surface area contributed by atoms with Crippen LogP contribution >= 0.6 is 0 Å². The Kier molecular flexibility index (Phi) is 6.45. The Morgan fingerprint density at radius 1 is 1.04 bits per heavy atom. The lowest BCUT2D eigenvalue weighted by molar-refractivity contribution is -0.122. The van der Waals surface area contributed by atoms with E-state index in [0.717, 1.165) is 17.1 Å². The van der Waals surface area contributed by atoms with Crippen LogP contribution in [-0.4, -0.2) is 26.7 Å². The predicted molar refractivity (Wildman–Crippen MR) is 100 cm³/mol. The van der Waals surface area contributed by atoms with Gasteiger partial charge in [0.1, 0.15) is 11.5 Å². The molecule has 0 unspecified atom stereocenters. The topological polar surface area (TPSA) is 47.6 Å². The Hall–Kier alpha value is -2.49. The van der Waals surface area contributed by atoms with Crippen molar-refractivity contribution in [1.82, 2.24) is 5.32 Å². The van der Waals surface area contributed by atoms with Crippen LogP contribution in [0.25, 0.3) is 0 Å². The fraction of sp³-hybridized carbons (Fsp3) is 0.381. The van der Waals surface area contributed by atoms with Crippen LogP contribution in [-0.2, 0) is 16.6 Å². The average Bonchev–Trinajstić information content (AvgIpc) is 2.62. The third kappa shape index (κ3) is 5.24. The second-order valence-corrected chi connectivity index (χ2v) is 6.70. The number of ether oxygens (including phenoxy) is 2. The first-order valence-electron chi connectivity index (χ1n) is 8.49. The van der Waals surface area contributed by atoms with Gasteiger partial charge in [-0.15, -0.1) is 0 Å². The van der Waals surface area contributed by atoms with Crippen molar-refractivity contribution in [3.05, 3.63) is 59.7 Å². The van der Waals surface area contributed by atoms with Crippen LogP contribution in [0.15, 0.2) is 48.5 Å². The maximum absolute atomic E-state index is 12.3. The molecule has 4 heteroatoms. The van der Waals surface area contributed by atoms with Gasteiger partial charge in [-0.25, -0.2) is 0 Å². The van der Waals surface area contributed by atoms with E-state index in [2.05, 4.69) is 31.3 Å². The summed E-state index contributed by atoms with van der Waals surface area (Å²) >= 11 is 0. The first-order chi connectivity index (χ1) is 12.0. The average molecular weight is 341 g/mol. The summed E-state index contributed by atoms with van der Waals surface area (Å²) in [7, 11) is 3.27. The maximum Gasteiger partial charge on any atom is 0.220 e. The molecule has 0 atom stereocenters. The van der Waals surface area contributed by atoms with Crippen LogP contribution < -0.4 is 14.8 Å². The van der Waals surface area contributed by atoms with Gasteiger partial charge in [0.05, 0.1) is 14.2 Å². The molecule has 0 aliphatic rings. The maximum atomic E-state index is 12.3. The molecule has 2 aromatic rings. The third-order valence-corrected chi connectivity index (χ3v) is 4.37. The van der Waals surface area contributed by atoms with Gasteiger partial charge in [0.2, 0.25) is 5.91 Å². The van der Waals surface area contributed by atoms with Gasteiger partial charge >= 0.3 is 0 Å².